The summed E-state index contributed by atoms with van der Waals surface area (Å²) in [6.45, 7) is 12.7. The number of carboxylic acid groups (broad SMARTS) is 1. The minimum absolute atomic E-state index is 0. The lowest BCUT2D eigenvalue weighted by atomic mass is 9.63. The highest BCUT2D eigenvalue weighted by molar-refractivity contribution is 5.87. The van der Waals surface area contributed by atoms with Crippen molar-refractivity contribution < 1.29 is 19.9 Å². The number of carboxylic acids is 1. The van der Waals surface area contributed by atoms with Crippen LogP contribution in [0.25, 0.3) is 0 Å². The lowest BCUT2D eigenvalue weighted by Crippen LogP contribution is -2.62. The molecule has 1 heterocycles. The second-order valence-corrected chi connectivity index (χ2v) is 9.33. The van der Waals surface area contributed by atoms with E-state index in [1.54, 1.807) is 0 Å². The summed E-state index contributed by atoms with van der Waals surface area (Å²) in [7, 11) is 2.18. The maximum Gasteiger partial charge on any atom is 0.335 e. The molecule has 202 valence electrons. The molecule has 10 heteroatoms. The summed E-state index contributed by atoms with van der Waals surface area (Å²) in [5.74, 6) is -1.09. The Labute approximate surface area is 226 Å². The zero-order valence-electron chi connectivity index (χ0n) is 21.6. The largest absolute Gasteiger partial charge is 0.478 e. The standard InChI is InChI=1S/C19H32N2O.C7H5NO4.2ClH/c1-6-21(7-2)15-18(4)14-20(5)16(3)13-19(18,22)17-11-9-8-10-12-17;9-7(10)5-1-3-6(4-2-5)8(11)12;;/h8-12,16,22H,6-7,13-15H2,1-5H3;1-4H,(H,9,10);2*1H. The fourth-order valence-corrected chi connectivity index (χ4v) is 4.69. The fourth-order valence-electron chi connectivity index (χ4n) is 4.69. The average Bonchev–Trinajstić information content (AvgIpc) is 2.82. The maximum absolute atomic E-state index is 11.7. The molecule has 36 heavy (non-hydrogen) atoms. The van der Waals surface area contributed by atoms with E-state index in [2.05, 4.69) is 56.7 Å². The lowest BCUT2D eigenvalue weighted by Gasteiger charge is -2.55. The van der Waals surface area contributed by atoms with Crippen LogP contribution in [0.4, 0.5) is 5.69 Å². The van der Waals surface area contributed by atoms with Crippen LogP contribution < -0.4 is 0 Å². The number of piperidine rings is 1. The summed E-state index contributed by atoms with van der Waals surface area (Å²) in [5.41, 5.74) is 0.0370. The van der Waals surface area contributed by atoms with Crippen molar-refractivity contribution in [2.24, 2.45) is 5.41 Å². The normalized spacial score (nSPS) is 23.5. The van der Waals surface area contributed by atoms with Crippen molar-refractivity contribution in [2.45, 2.75) is 45.8 Å². The van der Waals surface area contributed by atoms with E-state index in [4.69, 9.17) is 5.11 Å². The van der Waals surface area contributed by atoms with E-state index in [1.165, 1.54) is 12.1 Å². The number of rotatable bonds is 7. The van der Waals surface area contributed by atoms with Gasteiger partial charge in [-0.3, -0.25) is 10.1 Å². The summed E-state index contributed by atoms with van der Waals surface area (Å²) in [6.07, 6.45) is 0.783. The minimum atomic E-state index is -1.09. The van der Waals surface area contributed by atoms with Crippen molar-refractivity contribution in [3.8, 4) is 0 Å². The van der Waals surface area contributed by atoms with Crippen LogP contribution in [-0.2, 0) is 5.60 Å². The minimum Gasteiger partial charge on any atom is -0.478 e. The van der Waals surface area contributed by atoms with Crippen LogP contribution in [0.5, 0.6) is 0 Å². The molecule has 1 aliphatic rings. The Hall–Kier alpha value is -2.23. The third kappa shape index (κ3) is 7.88. The second-order valence-electron chi connectivity index (χ2n) is 9.33. The molecule has 2 aromatic rings. The van der Waals surface area contributed by atoms with Crippen LogP contribution in [0.1, 0.15) is 50.0 Å². The van der Waals surface area contributed by atoms with Gasteiger partial charge in [0.1, 0.15) is 0 Å². The highest BCUT2D eigenvalue weighted by Crippen LogP contribution is 2.48. The molecule has 0 spiro atoms. The molecule has 0 aromatic heterocycles. The van der Waals surface area contributed by atoms with Crippen LogP contribution in [0.3, 0.4) is 0 Å². The summed E-state index contributed by atoms with van der Waals surface area (Å²) in [4.78, 5) is 24.7. The van der Waals surface area contributed by atoms with Gasteiger partial charge < -0.3 is 20.0 Å². The van der Waals surface area contributed by atoms with E-state index < -0.39 is 16.5 Å². The number of nitro benzene ring substituents is 1. The first kappa shape index (κ1) is 33.8. The van der Waals surface area contributed by atoms with Crippen LogP contribution in [0.2, 0.25) is 0 Å². The number of hydrogen-bond donors (Lipinski definition) is 2. The zero-order chi connectivity index (χ0) is 25.5. The molecule has 3 rings (SSSR count). The molecule has 0 saturated carbocycles. The van der Waals surface area contributed by atoms with E-state index in [0.717, 1.165) is 50.3 Å². The third-order valence-corrected chi connectivity index (χ3v) is 6.98. The first-order chi connectivity index (χ1) is 16.0. The molecule has 1 saturated heterocycles. The Morgan fingerprint density at radius 3 is 2.08 bits per heavy atom. The summed E-state index contributed by atoms with van der Waals surface area (Å²) in [5, 5.41) is 30.3. The summed E-state index contributed by atoms with van der Waals surface area (Å²) >= 11 is 0. The van der Waals surface area contributed by atoms with Crippen molar-refractivity contribution in [1.82, 2.24) is 9.80 Å². The number of carbonyl (C=O) groups is 1. The summed E-state index contributed by atoms with van der Waals surface area (Å²) < 4.78 is 0. The van der Waals surface area contributed by atoms with Crippen molar-refractivity contribution >= 4 is 36.5 Å². The van der Waals surface area contributed by atoms with Gasteiger partial charge in [-0.2, -0.15) is 0 Å². The van der Waals surface area contributed by atoms with Crippen molar-refractivity contribution in [3.63, 3.8) is 0 Å². The van der Waals surface area contributed by atoms with E-state index >= 15 is 0 Å². The smallest absolute Gasteiger partial charge is 0.335 e. The maximum atomic E-state index is 11.7. The molecule has 0 amide bonds. The Balaban J connectivity index is 0.000000750. The van der Waals surface area contributed by atoms with Crippen molar-refractivity contribution in [3.05, 3.63) is 75.8 Å². The second kappa shape index (κ2) is 14.5. The highest BCUT2D eigenvalue weighted by Gasteiger charge is 2.53. The monoisotopic (exact) mass is 543 g/mol. The highest BCUT2D eigenvalue weighted by atomic mass is 35.5. The van der Waals surface area contributed by atoms with Crippen LogP contribution in [-0.4, -0.2) is 70.2 Å². The number of likely N-dealkylation sites (tertiary alicyclic amines) is 1. The van der Waals surface area contributed by atoms with Gasteiger partial charge in [0.05, 0.1) is 16.1 Å². The molecule has 0 radical (unpaired) electrons. The Bertz CT molecular complexity index is 927. The van der Waals surface area contributed by atoms with Gasteiger partial charge in [-0.25, -0.2) is 4.79 Å². The molecule has 0 aliphatic carbocycles. The number of nitro groups is 1. The van der Waals surface area contributed by atoms with Gasteiger partial charge in [0, 0.05) is 36.7 Å². The number of halogens is 2. The van der Waals surface area contributed by atoms with Crippen LogP contribution >= 0.6 is 24.8 Å². The Morgan fingerprint density at radius 1 is 1.11 bits per heavy atom. The van der Waals surface area contributed by atoms with E-state index in [0.29, 0.717) is 6.04 Å². The number of benzene rings is 2. The summed E-state index contributed by atoms with van der Waals surface area (Å²) in [6, 6.07) is 15.3. The predicted molar refractivity (Wildman–Crippen MR) is 147 cm³/mol. The number of hydrogen-bond acceptors (Lipinski definition) is 6. The van der Waals surface area contributed by atoms with Gasteiger partial charge in [0.15, 0.2) is 0 Å². The van der Waals surface area contributed by atoms with E-state index in [1.807, 2.05) is 18.2 Å². The van der Waals surface area contributed by atoms with Crippen molar-refractivity contribution in [2.75, 3.05) is 33.2 Å². The van der Waals surface area contributed by atoms with E-state index in [9.17, 15) is 20.0 Å². The SMILES string of the molecule is CCN(CC)CC1(C)CN(C)C(C)CC1(O)c1ccccc1.Cl.Cl.O=C(O)c1ccc([N+](=O)[O-])cc1. The number of aliphatic hydroxyl groups is 1. The van der Waals surface area contributed by atoms with Crippen LogP contribution in [0, 0.1) is 15.5 Å². The third-order valence-electron chi connectivity index (χ3n) is 6.98. The molecule has 2 N–H and O–H groups in total. The fraction of sp³-hybridized carbons (Fsp3) is 0.500. The lowest BCUT2D eigenvalue weighted by molar-refractivity contribution is -0.384. The van der Waals surface area contributed by atoms with Crippen molar-refractivity contribution in [1.29, 1.82) is 0 Å². The molecule has 0 bridgehead atoms. The number of nitrogens with zero attached hydrogens (tertiary/aromatic N) is 3. The molecule has 2 aromatic carbocycles. The van der Waals surface area contributed by atoms with E-state index in [-0.39, 0.29) is 41.5 Å². The van der Waals surface area contributed by atoms with Crippen LogP contribution in [0.15, 0.2) is 54.6 Å². The van der Waals surface area contributed by atoms with Gasteiger partial charge in [-0.15, -0.1) is 24.8 Å². The first-order valence-corrected chi connectivity index (χ1v) is 11.7. The van der Waals surface area contributed by atoms with Gasteiger partial charge in [-0.05, 0) is 51.2 Å². The predicted octanol–water partition coefficient (Wildman–Crippen LogP) is 5.08. The Morgan fingerprint density at radius 2 is 1.64 bits per heavy atom. The van der Waals surface area contributed by atoms with Gasteiger partial charge in [0.2, 0.25) is 0 Å². The molecule has 1 fully saturated rings. The molecule has 3 unspecified atom stereocenters. The van der Waals surface area contributed by atoms with Gasteiger partial charge in [0.25, 0.3) is 5.69 Å². The molecule has 3 atom stereocenters. The quantitative estimate of drug-likeness (QED) is 0.370. The van der Waals surface area contributed by atoms with Gasteiger partial charge >= 0.3 is 5.97 Å². The molecular formula is C26H39Cl2N3O5. The topological polar surface area (TPSA) is 107 Å². The average molecular weight is 545 g/mol. The number of non-ortho nitro benzene ring substituents is 1. The first-order valence-electron chi connectivity index (χ1n) is 11.7. The molecule has 8 nitrogen and oxygen atoms in total. The number of aromatic carboxylic acids is 1. The molecular weight excluding hydrogens is 505 g/mol. The molecule has 1 aliphatic heterocycles. The van der Waals surface area contributed by atoms with Gasteiger partial charge in [-0.1, -0.05) is 51.1 Å². The zero-order valence-corrected chi connectivity index (χ0v) is 23.2. The Kier molecular flexibility index (Phi) is 13.6.